The molecule has 0 unspecified atom stereocenters. The molecular formula is C12H19NO3. The minimum absolute atomic E-state index is 0.274. The molecule has 0 heterocycles. The quantitative estimate of drug-likeness (QED) is 0.731. The number of carbonyl (C=O) groups excluding carboxylic acids is 2. The molecule has 2 rings (SSSR count). The molecule has 0 radical (unpaired) electrons. The number of esters is 1. The fraction of sp³-hybridized carbons (Fsp3) is 0.833. The van der Waals surface area contributed by atoms with Crippen molar-refractivity contribution >= 4 is 11.9 Å². The Kier molecular flexibility index (Phi) is 3.17. The molecule has 0 spiro atoms. The Labute approximate surface area is 95.5 Å². The van der Waals surface area contributed by atoms with Crippen molar-refractivity contribution < 1.29 is 14.3 Å². The van der Waals surface area contributed by atoms with Gasteiger partial charge in [-0.25, -0.2) is 0 Å². The number of amides is 1. The molecule has 0 aromatic rings. The van der Waals surface area contributed by atoms with Gasteiger partial charge >= 0.3 is 5.97 Å². The van der Waals surface area contributed by atoms with Gasteiger partial charge in [-0.1, -0.05) is 6.42 Å². The van der Waals surface area contributed by atoms with Gasteiger partial charge in [0.05, 0.1) is 0 Å². The van der Waals surface area contributed by atoms with Crippen LogP contribution in [0, 0.1) is 17.8 Å². The smallest absolute Gasteiger partial charge is 0.306 e. The van der Waals surface area contributed by atoms with Crippen LogP contribution in [0.4, 0.5) is 0 Å². The standard InChI is InChI=1S/C12H19NO3/c1-7(12(13)15)16-11(14)6-10-5-8-2-3-9(10)4-8/h7-10H,2-6H2,1H3,(H2,13,15)/t7-,8-,9-,10-/m0/s1. The van der Waals surface area contributed by atoms with E-state index in [-0.39, 0.29) is 5.97 Å². The fourth-order valence-corrected chi connectivity index (χ4v) is 3.14. The molecule has 2 N–H and O–H groups in total. The molecule has 4 nitrogen and oxygen atoms in total. The maximum Gasteiger partial charge on any atom is 0.306 e. The highest BCUT2D eigenvalue weighted by molar-refractivity contribution is 5.81. The summed E-state index contributed by atoms with van der Waals surface area (Å²) < 4.78 is 4.97. The third-order valence-electron chi connectivity index (χ3n) is 4.02. The molecule has 2 aliphatic carbocycles. The average Bonchev–Trinajstić information content (AvgIpc) is 2.78. The lowest BCUT2D eigenvalue weighted by molar-refractivity contribution is -0.155. The SMILES string of the molecule is C[C@H](OC(=O)C[C@@H]1C[C@H]2CC[C@H]1C2)C(N)=O. The van der Waals surface area contributed by atoms with Crippen LogP contribution in [0.15, 0.2) is 0 Å². The summed E-state index contributed by atoms with van der Waals surface area (Å²) in [6.45, 7) is 1.51. The highest BCUT2D eigenvalue weighted by Crippen LogP contribution is 2.49. The molecule has 90 valence electrons. The lowest BCUT2D eigenvalue weighted by atomic mass is 9.86. The monoisotopic (exact) mass is 225 g/mol. The Morgan fingerprint density at radius 3 is 2.62 bits per heavy atom. The summed E-state index contributed by atoms with van der Waals surface area (Å²) in [6.07, 6.45) is 4.68. The molecule has 0 saturated heterocycles. The zero-order valence-corrected chi connectivity index (χ0v) is 9.65. The van der Waals surface area contributed by atoms with Gasteiger partial charge in [0.15, 0.2) is 6.10 Å². The average molecular weight is 225 g/mol. The number of hydrogen-bond donors (Lipinski definition) is 1. The largest absolute Gasteiger partial charge is 0.453 e. The minimum atomic E-state index is -0.800. The van der Waals surface area contributed by atoms with E-state index in [4.69, 9.17) is 10.5 Å². The normalized spacial score (nSPS) is 33.7. The molecule has 4 atom stereocenters. The molecule has 2 aliphatic rings. The molecule has 4 heteroatoms. The Balaban J connectivity index is 1.77. The van der Waals surface area contributed by atoms with E-state index in [1.165, 1.54) is 26.2 Å². The molecule has 0 aromatic heterocycles. The zero-order chi connectivity index (χ0) is 11.7. The van der Waals surface area contributed by atoms with Crippen LogP contribution in [0.25, 0.3) is 0 Å². The first-order valence-electron chi connectivity index (χ1n) is 6.05. The minimum Gasteiger partial charge on any atom is -0.453 e. The summed E-state index contributed by atoms with van der Waals surface area (Å²) in [4.78, 5) is 22.3. The summed E-state index contributed by atoms with van der Waals surface area (Å²) in [7, 11) is 0. The zero-order valence-electron chi connectivity index (χ0n) is 9.65. The topological polar surface area (TPSA) is 69.4 Å². The molecule has 2 saturated carbocycles. The van der Waals surface area contributed by atoms with Gasteiger partial charge in [-0.3, -0.25) is 9.59 Å². The van der Waals surface area contributed by atoms with Crippen molar-refractivity contribution in [3.05, 3.63) is 0 Å². The van der Waals surface area contributed by atoms with Gasteiger partial charge in [0, 0.05) is 6.42 Å². The van der Waals surface area contributed by atoms with Crippen molar-refractivity contribution in [3.8, 4) is 0 Å². The third-order valence-corrected chi connectivity index (χ3v) is 4.02. The van der Waals surface area contributed by atoms with Crippen molar-refractivity contribution in [2.75, 3.05) is 0 Å². The summed E-state index contributed by atoms with van der Waals surface area (Å²) in [5, 5.41) is 0. The van der Waals surface area contributed by atoms with Gasteiger partial charge in [0.25, 0.3) is 5.91 Å². The Hall–Kier alpha value is -1.06. The van der Waals surface area contributed by atoms with Crippen LogP contribution in [0.1, 0.15) is 39.0 Å². The summed E-state index contributed by atoms with van der Waals surface area (Å²) in [5.74, 6) is 1.16. The van der Waals surface area contributed by atoms with Crippen LogP contribution in [0.3, 0.4) is 0 Å². The third kappa shape index (κ3) is 2.36. The molecule has 0 aliphatic heterocycles. The highest BCUT2D eigenvalue weighted by atomic mass is 16.5. The van der Waals surface area contributed by atoms with Gasteiger partial charge in [0.1, 0.15) is 0 Å². The molecule has 1 amide bonds. The number of ether oxygens (including phenoxy) is 1. The van der Waals surface area contributed by atoms with E-state index in [0.29, 0.717) is 18.3 Å². The fourth-order valence-electron chi connectivity index (χ4n) is 3.14. The first-order valence-corrected chi connectivity index (χ1v) is 6.05. The van der Waals surface area contributed by atoms with Crippen molar-refractivity contribution in [1.29, 1.82) is 0 Å². The van der Waals surface area contributed by atoms with Crippen molar-refractivity contribution in [2.24, 2.45) is 23.5 Å². The van der Waals surface area contributed by atoms with E-state index in [9.17, 15) is 9.59 Å². The molecule has 0 aromatic carbocycles. The molecule has 2 fully saturated rings. The summed E-state index contributed by atoms with van der Waals surface area (Å²) in [5.41, 5.74) is 5.04. The van der Waals surface area contributed by atoms with Gasteiger partial charge < -0.3 is 10.5 Å². The predicted molar refractivity (Wildman–Crippen MR) is 58.3 cm³/mol. The first kappa shape index (κ1) is 11.4. The van der Waals surface area contributed by atoms with Crippen LogP contribution < -0.4 is 5.73 Å². The lowest BCUT2D eigenvalue weighted by Crippen LogP contribution is -2.31. The maximum absolute atomic E-state index is 11.6. The van der Waals surface area contributed by atoms with Crippen LogP contribution in [-0.2, 0) is 14.3 Å². The van der Waals surface area contributed by atoms with Crippen molar-refractivity contribution in [2.45, 2.75) is 45.1 Å². The van der Waals surface area contributed by atoms with Crippen LogP contribution in [-0.4, -0.2) is 18.0 Å². The second kappa shape index (κ2) is 4.44. The highest BCUT2D eigenvalue weighted by Gasteiger charge is 2.40. The Morgan fingerprint density at radius 2 is 2.12 bits per heavy atom. The van der Waals surface area contributed by atoms with Gasteiger partial charge in [0.2, 0.25) is 0 Å². The number of fused-ring (bicyclic) bond motifs is 2. The van der Waals surface area contributed by atoms with E-state index in [0.717, 1.165) is 12.3 Å². The molecule has 16 heavy (non-hydrogen) atoms. The van der Waals surface area contributed by atoms with Crippen molar-refractivity contribution in [3.63, 3.8) is 0 Å². The maximum atomic E-state index is 11.6. The Bertz CT molecular complexity index is 303. The predicted octanol–water partition coefficient (Wildman–Crippen LogP) is 1.23. The number of primary amides is 1. The van der Waals surface area contributed by atoms with Crippen LogP contribution in [0.2, 0.25) is 0 Å². The van der Waals surface area contributed by atoms with E-state index in [1.54, 1.807) is 0 Å². The second-order valence-corrected chi connectivity index (χ2v) is 5.17. The summed E-state index contributed by atoms with van der Waals surface area (Å²) in [6, 6.07) is 0. The van der Waals surface area contributed by atoms with Crippen molar-refractivity contribution in [1.82, 2.24) is 0 Å². The lowest BCUT2D eigenvalue weighted by Gasteiger charge is -2.21. The number of hydrogen-bond acceptors (Lipinski definition) is 3. The van der Waals surface area contributed by atoms with Gasteiger partial charge in [-0.05, 0) is 43.9 Å². The molecular weight excluding hydrogens is 206 g/mol. The second-order valence-electron chi connectivity index (χ2n) is 5.17. The summed E-state index contributed by atoms with van der Waals surface area (Å²) >= 11 is 0. The van der Waals surface area contributed by atoms with Gasteiger partial charge in [-0.2, -0.15) is 0 Å². The number of rotatable bonds is 4. The van der Waals surface area contributed by atoms with E-state index in [2.05, 4.69) is 0 Å². The van der Waals surface area contributed by atoms with E-state index >= 15 is 0 Å². The van der Waals surface area contributed by atoms with Crippen LogP contribution >= 0.6 is 0 Å². The van der Waals surface area contributed by atoms with Crippen LogP contribution in [0.5, 0.6) is 0 Å². The van der Waals surface area contributed by atoms with E-state index < -0.39 is 12.0 Å². The Morgan fingerprint density at radius 1 is 1.38 bits per heavy atom. The number of carbonyl (C=O) groups is 2. The van der Waals surface area contributed by atoms with Gasteiger partial charge in [-0.15, -0.1) is 0 Å². The van der Waals surface area contributed by atoms with E-state index in [1.807, 2.05) is 0 Å². The first-order chi connectivity index (χ1) is 7.56. The number of nitrogens with two attached hydrogens (primary N) is 1. The molecule has 2 bridgehead atoms.